The average molecular weight is 359 g/mol. The van der Waals surface area contributed by atoms with Crippen LogP contribution in [0, 0.1) is 5.82 Å². The van der Waals surface area contributed by atoms with Crippen LogP contribution in [0.3, 0.4) is 0 Å². The first kappa shape index (κ1) is 17.0. The van der Waals surface area contributed by atoms with Crippen LogP contribution in [0.4, 0.5) is 4.39 Å². The summed E-state index contributed by atoms with van der Waals surface area (Å²) in [5.74, 6) is -0.991. The molecule has 0 aliphatic carbocycles. The molecule has 2 aromatic heterocycles. The topological polar surface area (TPSA) is 73.6 Å². The Morgan fingerprint density at radius 3 is 3.00 bits per heavy atom. The lowest BCUT2D eigenvalue weighted by atomic mass is 10.2. The van der Waals surface area contributed by atoms with Crippen LogP contribution in [0.1, 0.15) is 23.2 Å². The molecule has 1 aromatic carbocycles. The summed E-state index contributed by atoms with van der Waals surface area (Å²) in [5, 5.41) is 4.95. The number of aromatic nitrogens is 3. The SMILES string of the molecule is CCc1nn2c(=O)cc(COC(=O)/C=C/c3cccc(F)c3)nc2s1. The number of aryl methyl sites for hydroxylation is 1. The standard InChI is InChI=1S/C17H14FN3O3S/c1-2-14-20-21-15(22)9-13(19-17(21)25-14)10-24-16(23)7-6-11-4-3-5-12(18)8-11/h3-9H,2,10H2,1H3/b7-6+. The molecular formula is C17H14FN3O3S. The molecule has 0 unspecified atom stereocenters. The van der Waals surface area contributed by atoms with Crippen LogP contribution in [-0.4, -0.2) is 20.6 Å². The highest BCUT2D eigenvalue weighted by molar-refractivity contribution is 7.16. The van der Waals surface area contributed by atoms with E-state index in [0.29, 0.717) is 22.6 Å². The fraction of sp³-hybridized carbons (Fsp3) is 0.176. The molecule has 8 heteroatoms. The summed E-state index contributed by atoms with van der Waals surface area (Å²) in [6.07, 6.45) is 3.36. The molecule has 3 rings (SSSR count). The molecule has 128 valence electrons. The molecule has 3 aromatic rings. The Kier molecular flexibility index (Phi) is 4.99. The second kappa shape index (κ2) is 7.35. The van der Waals surface area contributed by atoms with E-state index in [1.165, 1.54) is 46.2 Å². The van der Waals surface area contributed by atoms with Crippen molar-refractivity contribution in [3.05, 3.63) is 68.8 Å². The maximum absolute atomic E-state index is 13.1. The maximum atomic E-state index is 13.1. The van der Waals surface area contributed by atoms with Crippen LogP contribution in [0.5, 0.6) is 0 Å². The van der Waals surface area contributed by atoms with Crippen molar-refractivity contribution in [3.8, 4) is 0 Å². The third-order valence-electron chi connectivity index (χ3n) is 3.27. The van der Waals surface area contributed by atoms with Crippen LogP contribution >= 0.6 is 11.3 Å². The van der Waals surface area contributed by atoms with Crippen LogP contribution in [0.2, 0.25) is 0 Å². The Balaban J connectivity index is 1.67. The van der Waals surface area contributed by atoms with Gasteiger partial charge in [-0.1, -0.05) is 30.4 Å². The van der Waals surface area contributed by atoms with Gasteiger partial charge >= 0.3 is 5.97 Å². The van der Waals surface area contributed by atoms with Gasteiger partial charge in [0.1, 0.15) is 17.4 Å². The number of carbonyl (C=O) groups is 1. The highest BCUT2D eigenvalue weighted by Gasteiger charge is 2.09. The molecule has 2 heterocycles. The summed E-state index contributed by atoms with van der Waals surface area (Å²) in [6.45, 7) is 1.81. The lowest BCUT2D eigenvalue weighted by molar-refractivity contribution is -0.139. The van der Waals surface area contributed by atoms with Crippen LogP contribution in [-0.2, 0) is 22.6 Å². The van der Waals surface area contributed by atoms with E-state index in [1.54, 1.807) is 12.1 Å². The summed E-state index contributed by atoms with van der Waals surface area (Å²) >= 11 is 1.32. The quantitative estimate of drug-likeness (QED) is 0.517. The number of carbonyl (C=O) groups excluding carboxylic acids is 1. The van der Waals surface area contributed by atoms with Crippen molar-refractivity contribution in [3.63, 3.8) is 0 Å². The van der Waals surface area contributed by atoms with Gasteiger partial charge in [-0.3, -0.25) is 4.79 Å². The van der Waals surface area contributed by atoms with E-state index < -0.39 is 5.97 Å². The van der Waals surface area contributed by atoms with Gasteiger partial charge in [-0.2, -0.15) is 9.61 Å². The first-order valence-corrected chi connectivity index (χ1v) is 8.36. The lowest BCUT2D eigenvalue weighted by Crippen LogP contribution is -2.16. The van der Waals surface area contributed by atoms with Gasteiger partial charge in [0.15, 0.2) is 0 Å². The molecule has 6 nitrogen and oxygen atoms in total. The minimum absolute atomic E-state index is 0.128. The Labute approximate surface area is 146 Å². The number of benzene rings is 1. The molecule has 0 fully saturated rings. The Morgan fingerprint density at radius 1 is 1.40 bits per heavy atom. The molecule has 0 atom stereocenters. The monoisotopic (exact) mass is 359 g/mol. The number of halogens is 1. The smallest absolute Gasteiger partial charge is 0.331 e. The molecule has 0 radical (unpaired) electrons. The van der Waals surface area contributed by atoms with Crippen LogP contribution in [0.15, 0.2) is 41.2 Å². The number of nitrogens with zero attached hydrogens (tertiary/aromatic N) is 3. The van der Waals surface area contributed by atoms with Crippen LogP contribution < -0.4 is 5.56 Å². The number of rotatable bonds is 5. The van der Waals surface area contributed by atoms with E-state index in [4.69, 9.17) is 4.74 Å². The predicted molar refractivity (Wildman–Crippen MR) is 91.7 cm³/mol. The zero-order chi connectivity index (χ0) is 17.8. The summed E-state index contributed by atoms with van der Waals surface area (Å²) in [6, 6.07) is 7.12. The van der Waals surface area contributed by atoms with E-state index in [-0.39, 0.29) is 18.0 Å². The molecule has 0 aliphatic heterocycles. The fourth-order valence-corrected chi connectivity index (χ4v) is 2.94. The molecule has 0 bridgehead atoms. The molecule has 0 saturated heterocycles. The van der Waals surface area contributed by atoms with Gasteiger partial charge in [0, 0.05) is 12.1 Å². The molecule has 0 N–H and O–H groups in total. The minimum atomic E-state index is -0.607. The van der Waals surface area contributed by atoms with E-state index in [0.717, 1.165) is 5.01 Å². The first-order chi connectivity index (χ1) is 12.0. The summed E-state index contributed by atoms with van der Waals surface area (Å²) in [5.41, 5.74) is 0.581. The van der Waals surface area contributed by atoms with Crippen molar-refractivity contribution in [1.82, 2.24) is 14.6 Å². The second-order valence-corrected chi connectivity index (χ2v) is 6.17. The zero-order valence-corrected chi connectivity index (χ0v) is 14.1. The van der Waals surface area contributed by atoms with Crippen molar-refractivity contribution in [1.29, 1.82) is 0 Å². The summed E-state index contributed by atoms with van der Waals surface area (Å²) in [7, 11) is 0. The van der Waals surface area contributed by atoms with Crippen molar-refractivity contribution < 1.29 is 13.9 Å². The molecule has 0 spiro atoms. The molecule has 0 saturated carbocycles. The Bertz CT molecular complexity index is 1010. The van der Waals surface area contributed by atoms with Crippen molar-refractivity contribution in [2.24, 2.45) is 0 Å². The largest absolute Gasteiger partial charge is 0.456 e. The number of esters is 1. The van der Waals surface area contributed by atoms with E-state index in [1.807, 2.05) is 6.92 Å². The number of hydrogen-bond donors (Lipinski definition) is 0. The van der Waals surface area contributed by atoms with Gasteiger partial charge in [0.05, 0.1) is 5.69 Å². The highest BCUT2D eigenvalue weighted by Crippen LogP contribution is 2.12. The van der Waals surface area contributed by atoms with Gasteiger partial charge in [-0.25, -0.2) is 14.2 Å². The average Bonchev–Trinajstić information content (AvgIpc) is 3.02. The zero-order valence-electron chi connectivity index (χ0n) is 13.3. The number of fused-ring (bicyclic) bond motifs is 1. The van der Waals surface area contributed by atoms with Crippen molar-refractivity contribution in [2.45, 2.75) is 20.0 Å². The normalized spacial score (nSPS) is 11.3. The highest BCUT2D eigenvalue weighted by atomic mass is 32.1. The van der Waals surface area contributed by atoms with Gasteiger partial charge in [0.2, 0.25) is 4.96 Å². The molecule has 0 aliphatic rings. The van der Waals surface area contributed by atoms with Gasteiger partial charge < -0.3 is 4.74 Å². The maximum Gasteiger partial charge on any atom is 0.331 e. The number of hydrogen-bond acceptors (Lipinski definition) is 6. The molecular weight excluding hydrogens is 345 g/mol. The first-order valence-electron chi connectivity index (χ1n) is 7.54. The Hall–Kier alpha value is -2.87. The summed E-state index contributed by atoms with van der Waals surface area (Å²) < 4.78 is 19.4. The predicted octanol–water partition coefficient (Wildman–Crippen LogP) is 2.61. The minimum Gasteiger partial charge on any atom is -0.456 e. The van der Waals surface area contributed by atoms with Gasteiger partial charge in [-0.15, -0.1) is 0 Å². The molecule has 25 heavy (non-hydrogen) atoms. The molecule has 0 amide bonds. The third kappa shape index (κ3) is 4.16. The van der Waals surface area contributed by atoms with E-state index >= 15 is 0 Å². The van der Waals surface area contributed by atoms with Crippen molar-refractivity contribution >= 4 is 28.3 Å². The Morgan fingerprint density at radius 2 is 2.24 bits per heavy atom. The van der Waals surface area contributed by atoms with Gasteiger partial charge in [0.25, 0.3) is 5.56 Å². The second-order valence-electron chi connectivity index (χ2n) is 5.13. The number of ether oxygens (including phenoxy) is 1. The van der Waals surface area contributed by atoms with Gasteiger partial charge in [-0.05, 0) is 30.2 Å². The van der Waals surface area contributed by atoms with E-state index in [9.17, 15) is 14.0 Å². The van der Waals surface area contributed by atoms with E-state index in [2.05, 4.69) is 10.1 Å². The third-order valence-corrected chi connectivity index (χ3v) is 4.32. The van der Waals surface area contributed by atoms with Crippen molar-refractivity contribution in [2.75, 3.05) is 0 Å². The van der Waals surface area contributed by atoms with Crippen LogP contribution in [0.25, 0.3) is 11.0 Å². The summed E-state index contributed by atoms with van der Waals surface area (Å²) in [4.78, 5) is 28.5. The lowest BCUT2D eigenvalue weighted by Gasteiger charge is -2.01. The fourth-order valence-electron chi connectivity index (χ4n) is 2.08.